The molecule has 23 heavy (non-hydrogen) atoms. The molecule has 0 spiro atoms. The third-order valence-corrected chi connectivity index (χ3v) is 5.19. The van der Waals surface area contributed by atoms with Crippen molar-refractivity contribution in [1.29, 1.82) is 0 Å². The molecule has 0 aromatic heterocycles. The van der Waals surface area contributed by atoms with Gasteiger partial charge in [-0.1, -0.05) is 30.2 Å². The largest absolute Gasteiger partial charge is 0.372 e. The maximum atomic E-state index is 10.7. The number of nitrogens with two attached hydrogens (primary N) is 1. The summed E-state index contributed by atoms with van der Waals surface area (Å²) >= 11 is 6.04. The highest BCUT2D eigenvalue weighted by molar-refractivity contribution is 6.30. The fraction of sp³-hybridized carbons (Fsp3) is 0.611. The number of halogens is 1. The first-order valence-corrected chi connectivity index (χ1v) is 8.62. The van der Waals surface area contributed by atoms with Crippen LogP contribution in [-0.2, 0) is 14.9 Å². The van der Waals surface area contributed by atoms with E-state index in [1.54, 1.807) is 0 Å². The van der Waals surface area contributed by atoms with Gasteiger partial charge in [-0.25, -0.2) is 0 Å². The number of benzene rings is 1. The van der Waals surface area contributed by atoms with Crippen LogP contribution in [0.4, 0.5) is 0 Å². The van der Waals surface area contributed by atoms with Crippen LogP contribution in [0.1, 0.15) is 37.7 Å². The number of nitrogens with zero attached hydrogens (tertiary/aromatic N) is 1. The van der Waals surface area contributed by atoms with Gasteiger partial charge in [0.2, 0.25) is 5.91 Å². The number of primary amides is 1. The lowest BCUT2D eigenvalue weighted by molar-refractivity contribution is -0.122. The zero-order chi connectivity index (χ0) is 16.9. The Labute approximate surface area is 143 Å². The molecule has 1 amide bonds. The van der Waals surface area contributed by atoms with Gasteiger partial charge in [0.05, 0.1) is 0 Å². The highest BCUT2D eigenvalue weighted by Gasteiger charge is 2.45. The number of amides is 1. The van der Waals surface area contributed by atoms with Crippen LogP contribution in [-0.4, -0.2) is 44.2 Å². The lowest BCUT2D eigenvalue weighted by Gasteiger charge is -2.51. The normalized spacial score (nSPS) is 17.7. The Balaban J connectivity index is 2.02. The molecule has 1 unspecified atom stereocenters. The molecule has 0 bridgehead atoms. The molecule has 1 saturated carbocycles. The fourth-order valence-electron chi connectivity index (χ4n) is 3.73. The first kappa shape index (κ1) is 18.2. The molecule has 1 aliphatic carbocycles. The van der Waals surface area contributed by atoms with E-state index in [0.29, 0.717) is 12.6 Å². The van der Waals surface area contributed by atoms with Crippen molar-refractivity contribution in [3.63, 3.8) is 0 Å². The van der Waals surface area contributed by atoms with Crippen molar-refractivity contribution < 1.29 is 9.53 Å². The second-order valence-electron chi connectivity index (χ2n) is 6.66. The second-order valence-corrected chi connectivity index (χ2v) is 7.09. The van der Waals surface area contributed by atoms with Gasteiger partial charge in [0.25, 0.3) is 0 Å². The molecule has 1 atom stereocenters. The minimum absolute atomic E-state index is 0.00889. The average molecular weight is 339 g/mol. The van der Waals surface area contributed by atoms with Crippen molar-refractivity contribution in [3.05, 3.63) is 34.9 Å². The number of likely N-dealkylation sites (N-methyl/N-ethyl adjacent to an activating group) is 1. The second kappa shape index (κ2) is 8.13. The summed E-state index contributed by atoms with van der Waals surface area (Å²) in [5, 5.41) is 0.782. The molecule has 1 aromatic rings. The number of rotatable bonds is 9. The van der Waals surface area contributed by atoms with Gasteiger partial charge in [-0.05, 0) is 57.5 Å². The minimum Gasteiger partial charge on any atom is -0.372 e. The number of carbonyl (C=O) groups is 1. The van der Waals surface area contributed by atoms with Crippen molar-refractivity contribution in [2.75, 3.05) is 27.3 Å². The molecule has 2 rings (SSSR count). The van der Waals surface area contributed by atoms with Crippen LogP contribution < -0.4 is 5.73 Å². The first-order valence-electron chi connectivity index (χ1n) is 8.24. The predicted molar refractivity (Wildman–Crippen MR) is 93.7 cm³/mol. The van der Waals surface area contributed by atoms with Crippen LogP contribution >= 0.6 is 11.6 Å². The average Bonchev–Trinajstić information content (AvgIpc) is 2.45. The van der Waals surface area contributed by atoms with Crippen molar-refractivity contribution in [1.82, 2.24) is 4.90 Å². The standard InChI is InChI=1S/C18H27ClN2O2/c1-21(2)16(5-3-12-23-13-17(20)22)18(10-4-11-18)14-6-8-15(19)9-7-14/h6-9,16H,3-5,10-13H2,1-2H3,(H2,20,22). The Kier molecular flexibility index (Phi) is 6.45. The maximum absolute atomic E-state index is 10.7. The summed E-state index contributed by atoms with van der Waals surface area (Å²) < 4.78 is 5.30. The Bertz CT molecular complexity index is 512. The molecule has 2 N–H and O–H groups in total. The van der Waals surface area contributed by atoms with E-state index in [-0.39, 0.29) is 12.0 Å². The molecule has 0 aliphatic heterocycles. The van der Waals surface area contributed by atoms with E-state index in [9.17, 15) is 4.79 Å². The van der Waals surface area contributed by atoms with Crippen LogP contribution in [0.2, 0.25) is 5.02 Å². The smallest absolute Gasteiger partial charge is 0.243 e. The van der Waals surface area contributed by atoms with E-state index in [1.807, 2.05) is 12.1 Å². The van der Waals surface area contributed by atoms with Gasteiger partial charge < -0.3 is 15.4 Å². The van der Waals surface area contributed by atoms with Gasteiger partial charge in [-0.15, -0.1) is 0 Å². The summed E-state index contributed by atoms with van der Waals surface area (Å²) in [6.45, 7) is 0.582. The van der Waals surface area contributed by atoms with E-state index in [0.717, 1.165) is 17.9 Å². The fourth-order valence-corrected chi connectivity index (χ4v) is 3.86. The Morgan fingerprint density at radius 2 is 2.00 bits per heavy atom. The summed E-state index contributed by atoms with van der Waals surface area (Å²) in [4.78, 5) is 13.0. The van der Waals surface area contributed by atoms with E-state index in [1.165, 1.54) is 24.8 Å². The SMILES string of the molecule is CN(C)C(CCCOCC(N)=O)C1(c2ccc(Cl)cc2)CCC1. The third kappa shape index (κ3) is 4.46. The summed E-state index contributed by atoms with van der Waals surface area (Å²) in [5.74, 6) is -0.411. The molecule has 0 saturated heterocycles. The lowest BCUT2D eigenvalue weighted by Crippen LogP contribution is -2.52. The van der Waals surface area contributed by atoms with Gasteiger partial charge in [-0.3, -0.25) is 4.79 Å². The van der Waals surface area contributed by atoms with Crippen molar-refractivity contribution in [2.24, 2.45) is 5.73 Å². The van der Waals surface area contributed by atoms with Crippen LogP contribution in [0.5, 0.6) is 0 Å². The molecular weight excluding hydrogens is 312 g/mol. The Hall–Kier alpha value is -1.10. The molecule has 1 fully saturated rings. The van der Waals surface area contributed by atoms with Crippen LogP contribution in [0.3, 0.4) is 0 Å². The topological polar surface area (TPSA) is 55.6 Å². The Morgan fingerprint density at radius 3 is 2.48 bits per heavy atom. The van der Waals surface area contributed by atoms with Gasteiger partial charge in [0.1, 0.15) is 6.61 Å². The molecule has 5 heteroatoms. The summed E-state index contributed by atoms with van der Waals surface area (Å²) in [6.07, 6.45) is 5.64. The first-order chi connectivity index (χ1) is 11.0. The molecule has 0 heterocycles. The highest BCUT2D eigenvalue weighted by atomic mass is 35.5. The van der Waals surface area contributed by atoms with Gasteiger partial charge in [0.15, 0.2) is 0 Å². The zero-order valence-electron chi connectivity index (χ0n) is 14.1. The van der Waals surface area contributed by atoms with E-state index < -0.39 is 5.91 Å². The third-order valence-electron chi connectivity index (χ3n) is 4.94. The van der Waals surface area contributed by atoms with Gasteiger partial charge >= 0.3 is 0 Å². The van der Waals surface area contributed by atoms with Crippen LogP contribution in [0.25, 0.3) is 0 Å². The highest BCUT2D eigenvalue weighted by Crippen LogP contribution is 2.49. The van der Waals surface area contributed by atoms with E-state index >= 15 is 0 Å². The van der Waals surface area contributed by atoms with E-state index in [4.69, 9.17) is 22.1 Å². The molecule has 128 valence electrons. The number of hydrogen-bond donors (Lipinski definition) is 1. The molecule has 0 radical (unpaired) electrons. The zero-order valence-corrected chi connectivity index (χ0v) is 14.8. The monoisotopic (exact) mass is 338 g/mol. The summed E-state index contributed by atoms with van der Waals surface area (Å²) in [6, 6.07) is 8.76. The summed E-state index contributed by atoms with van der Waals surface area (Å²) in [5.41, 5.74) is 6.67. The quantitative estimate of drug-likeness (QED) is 0.704. The lowest BCUT2D eigenvalue weighted by atomic mass is 9.59. The van der Waals surface area contributed by atoms with Crippen LogP contribution in [0, 0.1) is 0 Å². The molecule has 4 nitrogen and oxygen atoms in total. The molecule has 1 aromatic carbocycles. The van der Waals surface area contributed by atoms with Crippen LogP contribution in [0.15, 0.2) is 24.3 Å². The van der Waals surface area contributed by atoms with Crippen molar-refractivity contribution >= 4 is 17.5 Å². The van der Waals surface area contributed by atoms with Gasteiger partial charge in [-0.2, -0.15) is 0 Å². The minimum atomic E-state index is -0.411. The van der Waals surface area contributed by atoms with E-state index in [2.05, 4.69) is 31.1 Å². The molecular formula is C18H27ClN2O2. The van der Waals surface area contributed by atoms with Gasteiger partial charge in [0, 0.05) is 23.1 Å². The maximum Gasteiger partial charge on any atom is 0.243 e. The number of hydrogen-bond acceptors (Lipinski definition) is 3. The van der Waals surface area contributed by atoms with Crippen molar-refractivity contribution in [2.45, 2.75) is 43.6 Å². The molecule has 1 aliphatic rings. The summed E-state index contributed by atoms with van der Waals surface area (Å²) in [7, 11) is 4.29. The predicted octanol–water partition coefficient (Wildman–Crippen LogP) is 2.97. The van der Waals surface area contributed by atoms with Crippen molar-refractivity contribution in [3.8, 4) is 0 Å². The number of carbonyl (C=O) groups excluding carboxylic acids is 1. The number of ether oxygens (including phenoxy) is 1. The Morgan fingerprint density at radius 1 is 1.35 bits per heavy atom.